The molecule has 1 N–H and O–H groups in total. The Morgan fingerprint density at radius 2 is 1.73 bits per heavy atom. The van der Waals surface area contributed by atoms with Crippen molar-refractivity contribution in [3.63, 3.8) is 0 Å². The summed E-state index contributed by atoms with van der Waals surface area (Å²) < 4.78 is 6.00. The molecule has 0 radical (unpaired) electrons. The second-order valence-corrected chi connectivity index (χ2v) is 9.32. The van der Waals surface area contributed by atoms with Gasteiger partial charge in [0.1, 0.15) is 5.76 Å². The fourth-order valence-corrected chi connectivity index (χ4v) is 2.61. The number of allylic oxidation sites excluding steroid dienone is 2. The molecule has 3 rings (SSSR count). The molecule has 5 nitrogen and oxygen atoms in total. The first-order valence-corrected chi connectivity index (χ1v) is 10.2. The number of hydrogen-bond donors (Lipinski definition) is 1. The van der Waals surface area contributed by atoms with Crippen LogP contribution in [0, 0.1) is 17.0 Å². The number of carbonyl (C=O) groups excluding carboxylic acids is 1. The van der Waals surface area contributed by atoms with Gasteiger partial charge in [-0.3, -0.25) is 9.17 Å². The minimum Gasteiger partial charge on any atom is -0.512 e. The van der Waals surface area contributed by atoms with Crippen LogP contribution in [-0.2, 0) is 25.9 Å². The molecule has 0 amide bonds. The Morgan fingerprint density at radius 1 is 1.10 bits per heavy atom. The van der Waals surface area contributed by atoms with Gasteiger partial charge in [-0.1, -0.05) is 71.3 Å². The third kappa shape index (κ3) is 7.33. The minimum atomic E-state index is -0.417. The van der Waals surface area contributed by atoms with Crippen molar-refractivity contribution < 1.29 is 31.0 Å². The maximum Gasteiger partial charge on any atom is 0.164 e. The molecule has 0 saturated carbocycles. The van der Waals surface area contributed by atoms with E-state index in [2.05, 4.69) is 15.6 Å². The van der Waals surface area contributed by atoms with Crippen molar-refractivity contribution in [2.24, 2.45) is 10.8 Å². The summed E-state index contributed by atoms with van der Waals surface area (Å²) in [6.45, 7) is 11.1. The van der Waals surface area contributed by atoms with E-state index in [9.17, 15) is 9.90 Å². The molecule has 0 unspecified atom stereocenters. The van der Waals surface area contributed by atoms with Crippen molar-refractivity contribution in [3.8, 4) is 17.1 Å². The molecular formula is C23H28N3O2PtS-. The van der Waals surface area contributed by atoms with Crippen LogP contribution in [0.4, 0.5) is 0 Å². The first-order chi connectivity index (χ1) is 13.5. The van der Waals surface area contributed by atoms with Crippen LogP contribution in [0.25, 0.3) is 17.1 Å². The van der Waals surface area contributed by atoms with E-state index >= 15 is 0 Å². The van der Waals surface area contributed by atoms with Crippen molar-refractivity contribution in [1.29, 1.82) is 0 Å². The second kappa shape index (κ2) is 10.8. The van der Waals surface area contributed by atoms with E-state index in [1.807, 2.05) is 88.0 Å². The summed E-state index contributed by atoms with van der Waals surface area (Å²) in [7, 11) is 0. The van der Waals surface area contributed by atoms with Crippen LogP contribution in [0.5, 0.6) is 0 Å². The number of aromatic nitrogens is 3. The zero-order chi connectivity index (χ0) is 21.7. The summed E-state index contributed by atoms with van der Waals surface area (Å²) in [6, 6.07) is 10.1. The van der Waals surface area contributed by atoms with Crippen LogP contribution >= 0.6 is 11.5 Å². The van der Waals surface area contributed by atoms with Gasteiger partial charge in [0, 0.05) is 61.9 Å². The van der Waals surface area contributed by atoms with Crippen LogP contribution in [0.2, 0.25) is 0 Å². The summed E-state index contributed by atoms with van der Waals surface area (Å²) in [5.41, 5.74) is 1.26. The molecule has 0 bridgehead atoms. The smallest absolute Gasteiger partial charge is 0.164 e. The van der Waals surface area contributed by atoms with E-state index in [4.69, 9.17) is 0 Å². The van der Waals surface area contributed by atoms with Gasteiger partial charge in [-0.05, 0) is 12.1 Å². The third-order valence-corrected chi connectivity index (χ3v) is 4.62. The van der Waals surface area contributed by atoms with E-state index in [-0.39, 0.29) is 38.0 Å². The fraction of sp³-hybridized carbons (Fsp3) is 0.348. The van der Waals surface area contributed by atoms with Crippen LogP contribution < -0.4 is 0 Å². The molecule has 30 heavy (non-hydrogen) atoms. The van der Waals surface area contributed by atoms with Gasteiger partial charge in [0.05, 0.1) is 0 Å². The molecule has 1 aromatic carbocycles. The second-order valence-electron chi connectivity index (χ2n) is 8.69. The van der Waals surface area contributed by atoms with Crippen molar-refractivity contribution >= 4 is 17.3 Å². The molecule has 0 spiro atoms. The average Bonchev–Trinajstić information content (AvgIpc) is 3.32. The van der Waals surface area contributed by atoms with E-state index in [1.54, 1.807) is 6.20 Å². The molecule has 2 heterocycles. The number of aliphatic hydroxyl groups excluding tert-OH is 1. The number of carbonyl (C=O) groups is 1. The zero-order valence-corrected chi connectivity index (χ0v) is 21.2. The van der Waals surface area contributed by atoms with Gasteiger partial charge in [0.2, 0.25) is 0 Å². The Balaban J connectivity index is 0.000000299. The zero-order valence-electron chi connectivity index (χ0n) is 18.1. The standard InChI is InChI=1S/C12H8N3S.C11H20O2.Pt/c1-2-4-11(5-3-1)15-7-6-13-12(15)10-8-14-16-9-10;1-10(2,3)8(12)7-9(13)11(4,5)6;/h1-7,9H;7,12H,1-6H3;/q-1;;. The number of hydrogen-bond acceptors (Lipinski definition) is 5. The van der Waals surface area contributed by atoms with Crippen LogP contribution in [0.1, 0.15) is 41.5 Å². The molecule has 0 aliphatic rings. The molecule has 164 valence electrons. The molecular weight excluding hydrogens is 577 g/mol. The maximum absolute atomic E-state index is 11.5. The molecule has 0 aliphatic carbocycles. The molecule has 7 heteroatoms. The van der Waals surface area contributed by atoms with E-state index in [1.165, 1.54) is 17.6 Å². The largest absolute Gasteiger partial charge is 0.512 e. The topological polar surface area (TPSA) is 68.0 Å². The molecule has 0 atom stereocenters. The Hall–Kier alpha value is -2.04. The maximum atomic E-state index is 11.5. The molecule has 3 aromatic rings. The van der Waals surface area contributed by atoms with E-state index in [0.717, 1.165) is 17.1 Å². The van der Waals surface area contributed by atoms with Gasteiger partial charge in [0.15, 0.2) is 5.78 Å². The summed E-state index contributed by atoms with van der Waals surface area (Å²) in [5, 5.41) is 11.5. The average molecular weight is 606 g/mol. The Morgan fingerprint density at radius 3 is 2.23 bits per heavy atom. The summed E-state index contributed by atoms with van der Waals surface area (Å²) in [4.78, 5) is 15.8. The van der Waals surface area contributed by atoms with Crippen LogP contribution in [0.3, 0.4) is 0 Å². The minimum absolute atomic E-state index is 0. The number of para-hydroxylation sites is 1. The number of rotatable bonds is 3. The SMILES string of the molecule is CC(C)(C)C(=O)C=C(O)C(C)(C)C.[Pt].[c-]1nscc1-c1nccn1-c1ccccc1. The van der Waals surface area contributed by atoms with Crippen LogP contribution in [-0.4, -0.2) is 24.8 Å². The van der Waals surface area contributed by atoms with Gasteiger partial charge in [-0.2, -0.15) is 0 Å². The van der Waals surface area contributed by atoms with Crippen LogP contribution in [0.15, 0.2) is 59.9 Å². The predicted molar refractivity (Wildman–Crippen MR) is 118 cm³/mol. The van der Waals surface area contributed by atoms with E-state index < -0.39 is 5.41 Å². The monoisotopic (exact) mass is 605 g/mol. The number of aliphatic hydroxyl groups is 1. The summed E-state index contributed by atoms with van der Waals surface area (Å²) >= 11 is 1.38. The third-order valence-electron chi connectivity index (χ3n) is 4.08. The molecule has 0 saturated heterocycles. The van der Waals surface area contributed by atoms with Crippen molar-refractivity contribution in [2.75, 3.05) is 0 Å². The Bertz CT molecular complexity index is 951. The van der Waals surface area contributed by atoms with Gasteiger partial charge in [0.25, 0.3) is 0 Å². The van der Waals surface area contributed by atoms with Crippen molar-refractivity contribution in [1.82, 2.24) is 13.9 Å². The van der Waals surface area contributed by atoms with Crippen molar-refractivity contribution in [2.45, 2.75) is 41.5 Å². The van der Waals surface area contributed by atoms with Gasteiger partial charge in [-0.25, -0.2) is 0 Å². The Labute approximate surface area is 197 Å². The first-order valence-electron chi connectivity index (χ1n) is 9.37. The summed E-state index contributed by atoms with van der Waals surface area (Å²) in [6.07, 6.45) is 7.99. The number of nitrogens with zero attached hydrogens (tertiary/aromatic N) is 3. The quantitative estimate of drug-likeness (QED) is 0.230. The van der Waals surface area contributed by atoms with Crippen molar-refractivity contribution in [3.05, 3.63) is 66.1 Å². The number of benzene rings is 1. The Kier molecular flexibility index (Phi) is 9.38. The predicted octanol–water partition coefficient (Wildman–Crippen LogP) is 5.88. The molecule has 2 aromatic heterocycles. The normalized spacial score (nSPS) is 11.9. The number of imidazole rings is 1. The first kappa shape index (κ1) is 26.0. The fourth-order valence-electron chi connectivity index (χ4n) is 2.14. The van der Waals surface area contributed by atoms with Gasteiger partial charge < -0.3 is 14.7 Å². The van der Waals surface area contributed by atoms with Gasteiger partial charge in [-0.15, -0.1) is 17.1 Å². The summed E-state index contributed by atoms with van der Waals surface area (Å²) in [5.74, 6) is 0.979. The number of ketones is 1. The van der Waals surface area contributed by atoms with E-state index in [0.29, 0.717) is 0 Å². The molecule has 0 fully saturated rings. The van der Waals surface area contributed by atoms with Gasteiger partial charge >= 0.3 is 0 Å². The molecule has 0 aliphatic heterocycles.